The zero-order chi connectivity index (χ0) is 15.5. The molecule has 0 atom stereocenters. The molecule has 3 rings (SSSR count). The first-order valence-electron chi connectivity index (χ1n) is 7.81. The number of hydrogen-bond donors (Lipinski definition) is 0. The molecule has 2 aromatic rings. The van der Waals surface area contributed by atoms with Crippen molar-refractivity contribution in [3.8, 4) is 0 Å². The molecular formula is C19H22N2O. The number of amides is 1. The van der Waals surface area contributed by atoms with Crippen LogP contribution < -0.4 is 4.90 Å². The molecule has 22 heavy (non-hydrogen) atoms. The maximum absolute atomic E-state index is 12.6. The lowest BCUT2D eigenvalue weighted by Gasteiger charge is -2.36. The van der Waals surface area contributed by atoms with Gasteiger partial charge in [0.05, 0.1) is 0 Å². The molecule has 0 aliphatic carbocycles. The summed E-state index contributed by atoms with van der Waals surface area (Å²) in [6.45, 7) is 7.50. The average Bonchev–Trinajstić information content (AvgIpc) is 2.55. The minimum atomic E-state index is 0.146. The van der Waals surface area contributed by atoms with Crippen LogP contribution >= 0.6 is 0 Å². The van der Waals surface area contributed by atoms with Crippen molar-refractivity contribution in [1.29, 1.82) is 0 Å². The van der Waals surface area contributed by atoms with Gasteiger partial charge in [0.2, 0.25) is 0 Å². The van der Waals surface area contributed by atoms with Crippen LogP contribution in [0.15, 0.2) is 48.5 Å². The molecule has 1 saturated heterocycles. The second kappa shape index (κ2) is 6.22. The predicted molar refractivity (Wildman–Crippen MR) is 90.5 cm³/mol. The van der Waals surface area contributed by atoms with Crippen molar-refractivity contribution in [2.75, 3.05) is 31.1 Å². The molecule has 0 radical (unpaired) electrons. The quantitative estimate of drug-likeness (QED) is 0.848. The summed E-state index contributed by atoms with van der Waals surface area (Å²) < 4.78 is 0. The largest absolute Gasteiger partial charge is 0.368 e. The van der Waals surface area contributed by atoms with Gasteiger partial charge in [0.15, 0.2) is 0 Å². The number of nitrogens with zero attached hydrogens (tertiary/aromatic N) is 2. The van der Waals surface area contributed by atoms with Crippen molar-refractivity contribution >= 4 is 11.6 Å². The molecule has 1 amide bonds. The minimum absolute atomic E-state index is 0.146. The SMILES string of the molecule is Cc1cccc(C(=O)N2CCN(c3ccccc3C)CC2)c1. The summed E-state index contributed by atoms with van der Waals surface area (Å²) in [5.41, 5.74) is 4.50. The predicted octanol–water partition coefficient (Wildman–Crippen LogP) is 3.27. The molecule has 0 aromatic heterocycles. The molecule has 0 saturated carbocycles. The molecule has 0 unspecified atom stereocenters. The number of piperazine rings is 1. The standard InChI is InChI=1S/C19H22N2O/c1-15-6-5-8-17(14-15)19(22)21-12-10-20(11-13-21)18-9-4-3-7-16(18)2/h3-9,14H,10-13H2,1-2H3. The van der Waals surface area contributed by atoms with E-state index in [1.807, 2.05) is 36.1 Å². The second-order valence-corrected chi connectivity index (χ2v) is 5.94. The van der Waals surface area contributed by atoms with Crippen LogP contribution in [0, 0.1) is 13.8 Å². The van der Waals surface area contributed by atoms with Crippen LogP contribution in [-0.2, 0) is 0 Å². The van der Waals surface area contributed by atoms with Gasteiger partial charge in [0.1, 0.15) is 0 Å². The van der Waals surface area contributed by atoms with Crippen LogP contribution in [0.2, 0.25) is 0 Å². The molecule has 0 spiro atoms. The highest BCUT2D eigenvalue weighted by Gasteiger charge is 2.22. The van der Waals surface area contributed by atoms with Crippen molar-refractivity contribution in [3.63, 3.8) is 0 Å². The summed E-state index contributed by atoms with van der Waals surface area (Å²) in [5, 5.41) is 0. The summed E-state index contributed by atoms with van der Waals surface area (Å²) in [7, 11) is 0. The first kappa shape index (κ1) is 14.6. The van der Waals surface area contributed by atoms with E-state index in [1.54, 1.807) is 0 Å². The van der Waals surface area contributed by atoms with Crippen molar-refractivity contribution in [3.05, 3.63) is 65.2 Å². The maximum atomic E-state index is 12.6. The molecule has 0 N–H and O–H groups in total. The second-order valence-electron chi connectivity index (χ2n) is 5.94. The van der Waals surface area contributed by atoms with E-state index in [0.717, 1.165) is 37.3 Å². The fourth-order valence-electron chi connectivity index (χ4n) is 3.03. The summed E-state index contributed by atoms with van der Waals surface area (Å²) in [5.74, 6) is 0.146. The maximum Gasteiger partial charge on any atom is 0.253 e. The van der Waals surface area contributed by atoms with Gasteiger partial charge in [0.25, 0.3) is 5.91 Å². The van der Waals surface area contributed by atoms with Gasteiger partial charge in [-0.25, -0.2) is 0 Å². The zero-order valence-corrected chi connectivity index (χ0v) is 13.2. The van der Waals surface area contributed by atoms with Crippen LogP contribution in [0.1, 0.15) is 21.5 Å². The first-order chi connectivity index (χ1) is 10.6. The van der Waals surface area contributed by atoms with Crippen LogP contribution in [0.4, 0.5) is 5.69 Å². The summed E-state index contributed by atoms with van der Waals surface area (Å²) in [4.78, 5) is 16.9. The number of hydrogen-bond acceptors (Lipinski definition) is 2. The van der Waals surface area contributed by atoms with E-state index >= 15 is 0 Å². The number of aryl methyl sites for hydroxylation is 2. The van der Waals surface area contributed by atoms with Gasteiger partial charge in [-0.1, -0.05) is 35.9 Å². The Balaban J connectivity index is 1.67. The smallest absolute Gasteiger partial charge is 0.253 e. The highest BCUT2D eigenvalue weighted by molar-refractivity contribution is 5.94. The number of carbonyl (C=O) groups is 1. The normalized spacial score (nSPS) is 15.0. The summed E-state index contributed by atoms with van der Waals surface area (Å²) in [6, 6.07) is 16.3. The minimum Gasteiger partial charge on any atom is -0.368 e. The van der Waals surface area contributed by atoms with E-state index in [4.69, 9.17) is 0 Å². The molecule has 1 aliphatic rings. The van der Waals surface area contributed by atoms with Crippen molar-refractivity contribution in [1.82, 2.24) is 4.90 Å². The number of rotatable bonds is 2. The fourth-order valence-corrected chi connectivity index (χ4v) is 3.03. The van der Waals surface area contributed by atoms with Gasteiger partial charge in [-0.15, -0.1) is 0 Å². The summed E-state index contributed by atoms with van der Waals surface area (Å²) >= 11 is 0. The number of carbonyl (C=O) groups excluding carboxylic acids is 1. The van der Waals surface area contributed by atoms with E-state index in [0.29, 0.717) is 0 Å². The van der Waals surface area contributed by atoms with Crippen LogP contribution in [0.3, 0.4) is 0 Å². The third kappa shape index (κ3) is 2.98. The Kier molecular flexibility index (Phi) is 4.14. The lowest BCUT2D eigenvalue weighted by molar-refractivity contribution is 0.0746. The Morgan fingerprint density at radius 1 is 0.909 bits per heavy atom. The monoisotopic (exact) mass is 294 g/mol. The van der Waals surface area contributed by atoms with E-state index in [2.05, 4.69) is 36.1 Å². The van der Waals surface area contributed by atoms with Gasteiger partial charge in [-0.3, -0.25) is 4.79 Å². The van der Waals surface area contributed by atoms with Crippen LogP contribution in [-0.4, -0.2) is 37.0 Å². The summed E-state index contributed by atoms with van der Waals surface area (Å²) in [6.07, 6.45) is 0. The molecule has 1 aliphatic heterocycles. The van der Waals surface area contributed by atoms with E-state index in [-0.39, 0.29) is 5.91 Å². The van der Waals surface area contributed by atoms with Crippen molar-refractivity contribution in [2.24, 2.45) is 0 Å². The van der Waals surface area contributed by atoms with Crippen molar-refractivity contribution < 1.29 is 4.79 Å². The van der Waals surface area contributed by atoms with Crippen molar-refractivity contribution in [2.45, 2.75) is 13.8 Å². The fraction of sp³-hybridized carbons (Fsp3) is 0.316. The number of benzene rings is 2. The molecule has 3 nitrogen and oxygen atoms in total. The third-order valence-electron chi connectivity index (χ3n) is 4.29. The van der Waals surface area contributed by atoms with Gasteiger partial charge < -0.3 is 9.80 Å². The highest BCUT2D eigenvalue weighted by atomic mass is 16.2. The van der Waals surface area contributed by atoms with Crippen LogP contribution in [0.25, 0.3) is 0 Å². The topological polar surface area (TPSA) is 23.6 Å². The third-order valence-corrected chi connectivity index (χ3v) is 4.29. The molecule has 114 valence electrons. The Hall–Kier alpha value is -2.29. The molecule has 2 aromatic carbocycles. The van der Waals surface area contributed by atoms with E-state index in [1.165, 1.54) is 11.3 Å². The first-order valence-corrected chi connectivity index (χ1v) is 7.81. The molecule has 3 heteroatoms. The van der Waals surface area contributed by atoms with Gasteiger partial charge in [0, 0.05) is 37.4 Å². The Morgan fingerprint density at radius 2 is 1.64 bits per heavy atom. The Labute approximate surface area is 132 Å². The Bertz CT molecular complexity index is 673. The highest BCUT2D eigenvalue weighted by Crippen LogP contribution is 2.21. The van der Waals surface area contributed by atoms with Gasteiger partial charge >= 0.3 is 0 Å². The zero-order valence-electron chi connectivity index (χ0n) is 13.2. The number of para-hydroxylation sites is 1. The number of anilines is 1. The van der Waals surface area contributed by atoms with Crippen LogP contribution in [0.5, 0.6) is 0 Å². The average molecular weight is 294 g/mol. The molecule has 0 bridgehead atoms. The molecular weight excluding hydrogens is 272 g/mol. The van der Waals surface area contributed by atoms with E-state index < -0.39 is 0 Å². The Morgan fingerprint density at radius 3 is 2.32 bits per heavy atom. The van der Waals surface area contributed by atoms with E-state index in [9.17, 15) is 4.79 Å². The lowest BCUT2D eigenvalue weighted by Crippen LogP contribution is -2.49. The van der Waals surface area contributed by atoms with Gasteiger partial charge in [-0.05, 0) is 37.6 Å². The molecule has 1 fully saturated rings. The van der Waals surface area contributed by atoms with Gasteiger partial charge in [-0.2, -0.15) is 0 Å². The lowest BCUT2D eigenvalue weighted by atomic mass is 10.1. The molecule has 1 heterocycles.